The van der Waals surface area contributed by atoms with Crippen LogP contribution in [-0.4, -0.2) is 48.3 Å². The molecule has 1 heterocycles. The van der Waals surface area contributed by atoms with Gasteiger partial charge in [0.15, 0.2) is 6.61 Å². The Morgan fingerprint density at radius 3 is 2.40 bits per heavy atom. The molecule has 25 heavy (non-hydrogen) atoms. The summed E-state index contributed by atoms with van der Waals surface area (Å²) in [6.07, 6.45) is 0.730. The van der Waals surface area contributed by atoms with E-state index in [-0.39, 0.29) is 43.4 Å². The molecule has 1 fully saturated rings. The van der Waals surface area contributed by atoms with Gasteiger partial charge in [-0.15, -0.1) is 0 Å². The zero-order valence-corrected chi connectivity index (χ0v) is 13.6. The van der Waals surface area contributed by atoms with Crippen LogP contribution in [0.25, 0.3) is 0 Å². The first-order valence-corrected chi connectivity index (χ1v) is 7.95. The van der Waals surface area contributed by atoms with Crippen molar-refractivity contribution in [2.75, 3.05) is 19.7 Å². The Labute approximate surface area is 144 Å². The Hall–Kier alpha value is -2.77. The second kappa shape index (κ2) is 8.91. The zero-order chi connectivity index (χ0) is 18.2. The number of nitrogens with zero attached hydrogens (tertiary/aromatic N) is 1. The predicted octanol–water partition coefficient (Wildman–Crippen LogP) is 0.567. The van der Waals surface area contributed by atoms with Crippen LogP contribution < -0.4 is 5.32 Å². The van der Waals surface area contributed by atoms with Crippen molar-refractivity contribution in [2.45, 2.75) is 25.7 Å². The minimum Gasteiger partial charge on any atom is -0.456 e. The summed E-state index contributed by atoms with van der Waals surface area (Å²) < 4.78 is 17.6. The quantitative estimate of drug-likeness (QED) is 0.546. The molecule has 3 amide bonds. The SMILES string of the molecule is O=C(COC(=O)CCN1C(=O)CCC1=O)NCCc1ccc(F)cc1. The number of amides is 3. The normalized spacial score (nSPS) is 13.9. The van der Waals surface area contributed by atoms with Gasteiger partial charge in [0.1, 0.15) is 5.82 Å². The van der Waals surface area contributed by atoms with Crippen LogP contribution in [0.4, 0.5) is 4.39 Å². The Morgan fingerprint density at radius 2 is 1.76 bits per heavy atom. The second-order valence-corrected chi connectivity index (χ2v) is 5.58. The molecular formula is C17H19FN2O5. The van der Waals surface area contributed by atoms with E-state index in [9.17, 15) is 23.6 Å². The minimum atomic E-state index is -0.652. The highest BCUT2D eigenvalue weighted by Gasteiger charge is 2.29. The summed E-state index contributed by atoms with van der Waals surface area (Å²) in [5.41, 5.74) is 0.874. The van der Waals surface area contributed by atoms with Crippen LogP contribution in [0, 0.1) is 5.82 Å². The first-order valence-electron chi connectivity index (χ1n) is 7.95. The maximum absolute atomic E-state index is 12.8. The lowest BCUT2D eigenvalue weighted by Crippen LogP contribution is -2.33. The van der Waals surface area contributed by atoms with Crippen molar-refractivity contribution in [3.8, 4) is 0 Å². The average molecular weight is 350 g/mol. The van der Waals surface area contributed by atoms with Gasteiger partial charge in [-0.3, -0.25) is 24.1 Å². The number of carbonyl (C=O) groups is 4. The Kier molecular flexibility index (Phi) is 6.62. The van der Waals surface area contributed by atoms with Crippen LogP contribution in [0.1, 0.15) is 24.8 Å². The van der Waals surface area contributed by atoms with Gasteiger partial charge in [0.2, 0.25) is 11.8 Å². The van der Waals surface area contributed by atoms with E-state index in [1.165, 1.54) is 12.1 Å². The van der Waals surface area contributed by atoms with E-state index in [2.05, 4.69) is 5.32 Å². The molecule has 1 aliphatic rings. The number of halogens is 1. The standard InChI is InChI=1S/C17H19FN2O5/c18-13-3-1-12(2-4-13)7-9-19-14(21)11-25-17(24)8-10-20-15(22)5-6-16(20)23/h1-4H,5-11H2,(H,19,21). The molecule has 0 aliphatic carbocycles. The average Bonchev–Trinajstić information content (AvgIpc) is 2.91. The monoisotopic (exact) mass is 350 g/mol. The third kappa shape index (κ3) is 5.98. The Morgan fingerprint density at radius 1 is 1.12 bits per heavy atom. The second-order valence-electron chi connectivity index (χ2n) is 5.58. The number of likely N-dealkylation sites (tertiary alicyclic amines) is 1. The fourth-order valence-electron chi connectivity index (χ4n) is 2.34. The lowest BCUT2D eigenvalue weighted by Gasteiger charge is -2.12. The molecule has 1 N–H and O–H groups in total. The molecule has 2 rings (SSSR count). The largest absolute Gasteiger partial charge is 0.456 e. The van der Waals surface area contributed by atoms with Gasteiger partial charge in [-0.2, -0.15) is 0 Å². The number of imide groups is 1. The number of hydrogen-bond acceptors (Lipinski definition) is 5. The number of rotatable bonds is 8. The maximum atomic E-state index is 12.8. The van der Waals surface area contributed by atoms with Gasteiger partial charge in [-0.1, -0.05) is 12.1 Å². The van der Waals surface area contributed by atoms with Crippen molar-refractivity contribution in [2.24, 2.45) is 0 Å². The van der Waals surface area contributed by atoms with E-state index in [1.54, 1.807) is 12.1 Å². The van der Waals surface area contributed by atoms with Crippen LogP contribution in [0.15, 0.2) is 24.3 Å². The molecule has 0 atom stereocenters. The number of nitrogens with one attached hydrogen (secondary N) is 1. The number of benzene rings is 1. The first kappa shape index (κ1) is 18.6. The van der Waals surface area contributed by atoms with E-state index in [4.69, 9.17) is 4.74 Å². The number of esters is 1. The topological polar surface area (TPSA) is 92.8 Å². The molecule has 0 saturated carbocycles. The molecule has 0 spiro atoms. The van der Waals surface area contributed by atoms with E-state index < -0.39 is 18.5 Å². The highest BCUT2D eigenvalue weighted by Crippen LogP contribution is 2.11. The van der Waals surface area contributed by atoms with Crippen LogP contribution in [0.3, 0.4) is 0 Å². The fraction of sp³-hybridized carbons (Fsp3) is 0.412. The minimum absolute atomic E-state index is 0.0251. The van der Waals surface area contributed by atoms with Gasteiger partial charge in [0.25, 0.3) is 5.91 Å². The summed E-state index contributed by atoms with van der Waals surface area (Å²) in [5, 5.41) is 2.58. The summed E-state index contributed by atoms with van der Waals surface area (Å²) in [7, 11) is 0. The van der Waals surface area contributed by atoms with Gasteiger partial charge in [-0.25, -0.2) is 4.39 Å². The van der Waals surface area contributed by atoms with Crippen molar-refractivity contribution < 1.29 is 28.3 Å². The summed E-state index contributed by atoms with van der Waals surface area (Å²) in [6.45, 7) is -0.119. The van der Waals surface area contributed by atoms with Crippen LogP contribution in [-0.2, 0) is 30.3 Å². The van der Waals surface area contributed by atoms with E-state index in [0.717, 1.165) is 10.5 Å². The molecule has 0 bridgehead atoms. The molecule has 1 aliphatic heterocycles. The lowest BCUT2D eigenvalue weighted by atomic mass is 10.1. The van der Waals surface area contributed by atoms with E-state index in [0.29, 0.717) is 13.0 Å². The summed E-state index contributed by atoms with van der Waals surface area (Å²) >= 11 is 0. The Balaban J connectivity index is 1.59. The summed E-state index contributed by atoms with van der Waals surface area (Å²) in [5.74, 6) is -2.02. The van der Waals surface area contributed by atoms with Gasteiger partial charge < -0.3 is 10.1 Å². The smallest absolute Gasteiger partial charge is 0.308 e. The highest BCUT2D eigenvalue weighted by atomic mass is 19.1. The molecule has 1 aromatic carbocycles. The molecule has 8 heteroatoms. The van der Waals surface area contributed by atoms with Crippen molar-refractivity contribution >= 4 is 23.7 Å². The third-order valence-corrected chi connectivity index (χ3v) is 3.71. The van der Waals surface area contributed by atoms with Crippen molar-refractivity contribution in [1.29, 1.82) is 0 Å². The fourth-order valence-corrected chi connectivity index (χ4v) is 2.34. The zero-order valence-electron chi connectivity index (χ0n) is 13.6. The number of carbonyl (C=O) groups excluding carboxylic acids is 4. The molecule has 7 nitrogen and oxygen atoms in total. The molecular weight excluding hydrogens is 331 g/mol. The van der Waals surface area contributed by atoms with Crippen molar-refractivity contribution in [3.05, 3.63) is 35.6 Å². The van der Waals surface area contributed by atoms with Gasteiger partial charge >= 0.3 is 5.97 Å². The van der Waals surface area contributed by atoms with Crippen LogP contribution in [0.2, 0.25) is 0 Å². The van der Waals surface area contributed by atoms with Crippen LogP contribution in [0.5, 0.6) is 0 Å². The molecule has 1 aromatic rings. The molecule has 1 saturated heterocycles. The molecule has 0 radical (unpaired) electrons. The summed E-state index contributed by atoms with van der Waals surface area (Å²) in [4.78, 5) is 46.9. The lowest BCUT2D eigenvalue weighted by molar-refractivity contribution is -0.149. The Bertz CT molecular complexity index is 644. The third-order valence-electron chi connectivity index (χ3n) is 3.71. The maximum Gasteiger partial charge on any atom is 0.308 e. The van der Waals surface area contributed by atoms with Crippen molar-refractivity contribution in [3.63, 3.8) is 0 Å². The molecule has 0 unspecified atom stereocenters. The highest BCUT2D eigenvalue weighted by molar-refractivity contribution is 6.02. The first-order chi connectivity index (χ1) is 12.0. The van der Waals surface area contributed by atoms with Crippen LogP contribution >= 0.6 is 0 Å². The van der Waals surface area contributed by atoms with E-state index >= 15 is 0 Å². The molecule has 0 aromatic heterocycles. The summed E-state index contributed by atoms with van der Waals surface area (Å²) in [6, 6.07) is 5.94. The molecule has 134 valence electrons. The predicted molar refractivity (Wildman–Crippen MR) is 84.6 cm³/mol. The van der Waals surface area contributed by atoms with Gasteiger partial charge in [-0.05, 0) is 24.1 Å². The van der Waals surface area contributed by atoms with Gasteiger partial charge in [0, 0.05) is 25.9 Å². The van der Waals surface area contributed by atoms with Gasteiger partial charge in [0.05, 0.1) is 6.42 Å². The number of hydrogen-bond donors (Lipinski definition) is 1. The van der Waals surface area contributed by atoms with E-state index in [1.807, 2.05) is 0 Å². The number of ether oxygens (including phenoxy) is 1. The van der Waals surface area contributed by atoms with Crippen molar-refractivity contribution in [1.82, 2.24) is 10.2 Å².